The van der Waals surface area contributed by atoms with Gasteiger partial charge in [-0.25, -0.2) is 5.01 Å². The van der Waals surface area contributed by atoms with E-state index in [1.54, 1.807) is 11.1 Å². The summed E-state index contributed by atoms with van der Waals surface area (Å²) in [6, 6.07) is 15.4. The number of hydrogen-bond acceptors (Lipinski definition) is 3. The quantitative estimate of drug-likeness (QED) is 0.510. The summed E-state index contributed by atoms with van der Waals surface area (Å²) >= 11 is 0. The van der Waals surface area contributed by atoms with Gasteiger partial charge in [0.05, 0.1) is 12.8 Å². The number of carbonyl (C=O) groups excluding carboxylic acids is 2. The van der Waals surface area contributed by atoms with Crippen molar-refractivity contribution in [1.82, 2.24) is 19.9 Å². The van der Waals surface area contributed by atoms with E-state index in [1.807, 2.05) is 48.7 Å². The Hall–Kier alpha value is -3.87. The first-order valence-corrected chi connectivity index (χ1v) is 9.98. The highest BCUT2D eigenvalue weighted by molar-refractivity contribution is 6.01. The van der Waals surface area contributed by atoms with Crippen LogP contribution < -0.4 is 0 Å². The SMILES string of the molecule is O=C1[C@@H]2Cc3c([nH]c4ccccc34)CN2C(=O)CN1N=Cc1c[nH]c2ccccc12. The van der Waals surface area contributed by atoms with Crippen LogP contribution in [-0.2, 0) is 22.6 Å². The van der Waals surface area contributed by atoms with Gasteiger partial charge in [0, 0.05) is 45.7 Å². The number of amides is 2. The third-order valence-electron chi connectivity index (χ3n) is 6.11. The molecule has 0 spiro atoms. The van der Waals surface area contributed by atoms with Gasteiger partial charge in [0.1, 0.15) is 12.6 Å². The fraction of sp³-hybridized carbons (Fsp3) is 0.174. The van der Waals surface area contributed by atoms with Gasteiger partial charge in [-0.2, -0.15) is 5.10 Å². The monoisotopic (exact) mass is 397 g/mol. The summed E-state index contributed by atoms with van der Waals surface area (Å²) in [6.45, 7) is 0.392. The second-order valence-electron chi connectivity index (χ2n) is 7.80. The van der Waals surface area contributed by atoms with E-state index in [9.17, 15) is 9.59 Å². The van der Waals surface area contributed by atoms with Crippen LogP contribution in [0.15, 0.2) is 59.8 Å². The van der Waals surface area contributed by atoms with Gasteiger partial charge in [-0.3, -0.25) is 9.59 Å². The highest BCUT2D eigenvalue weighted by atomic mass is 16.2. The molecule has 1 atom stereocenters. The zero-order valence-electron chi connectivity index (χ0n) is 16.1. The molecule has 148 valence electrons. The summed E-state index contributed by atoms with van der Waals surface area (Å²) in [5, 5.41) is 7.84. The van der Waals surface area contributed by atoms with Crippen molar-refractivity contribution < 1.29 is 9.59 Å². The Morgan fingerprint density at radius 3 is 2.60 bits per heavy atom. The lowest BCUT2D eigenvalue weighted by Crippen LogP contribution is -2.60. The Balaban J connectivity index is 1.32. The lowest BCUT2D eigenvalue weighted by molar-refractivity contribution is -0.157. The van der Waals surface area contributed by atoms with Crippen molar-refractivity contribution in [2.75, 3.05) is 6.54 Å². The summed E-state index contributed by atoms with van der Waals surface area (Å²) in [5.74, 6) is -0.221. The topological polar surface area (TPSA) is 84.6 Å². The second kappa shape index (κ2) is 6.32. The molecule has 4 aromatic rings. The lowest BCUT2D eigenvalue weighted by atomic mass is 9.94. The molecule has 2 aromatic carbocycles. The van der Waals surface area contributed by atoms with Gasteiger partial charge < -0.3 is 14.9 Å². The van der Waals surface area contributed by atoms with Crippen LogP contribution in [0.4, 0.5) is 0 Å². The average molecular weight is 397 g/mol. The molecular formula is C23H19N5O2. The number of hydrogen-bond donors (Lipinski definition) is 2. The van der Waals surface area contributed by atoms with Crippen molar-refractivity contribution in [2.24, 2.45) is 5.10 Å². The van der Waals surface area contributed by atoms with Crippen molar-refractivity contribution >= 4 is 39.8 Å². The molecular weight excluding hydrogens is 378 g/mol. The van der Waals surface area contributed by atoms with Crippen LogP contribution in [0.5, 0.6) is 0 Å². The fourth-order valence-electron chi connectivity index (χ4n) is 4.59. The highest BCUT2D eigenvalue weighted by Gasteiger charge is 2.43. The van der Waals surface area contributed by atoms with E-state index in [0.29, 0.717) is 13.0 Å². The lowest BCUT2D eigenvalue weighted by Gasteiger charge is -2.40. The number of aromatic amines is 2. The van der Waals surface area contributed by atoms with E-state index in [4.69, 9.17) is 0 Å². The zero-order valence-corrected chi connectivity index (χ0v) is 16.1. The zero-order chi connectivity index (χ0) is 20.2. The molecule has 2 aliphatic heterocycles. The van der Waals surface area contributed by atoms with E-state index >= 15 is 0 Å². The number of piperazine rings is 1. The van der Waals surface area contributed by atoms with Gasteiger partial charge in [-0.15, -0.1) is 0 Å². The van der Waals surface area contributed by atoms with Gasteiger partial charge in [0.25, 0.3) is 5.91 Å². The number of carbonyl (C=O) groups is 2. The van der Waals surface area contributed by atoms with Crippen molar-refractivity contribution in [1.29, 1.82) is 0 Å². The molecule has 2 amide bonds. The summed E-state index contributed by atoms with van der Waals surface area (Å²) in [7, 11) is 0. The fourth-order valence-corrected chi connectivity index (χ4v) is 4.59. The Morgan fingerprint density at radius 2 is 1.73 bits per heavy atom. The molecule has 30 heavy (non-hydrogen) atoms. The van der Waals surface area contributed by atoms with Crippen LogP contribution in [-0.4, -0.2) is 50.5 Å². The summed E-state index contributed by atoms with van der Waals surface area (Å²) in [6.07, 6.45) is 4.01. The minimum atomic E-state index is -0.516. The molecule has 1 saturated heterocycles. The van der Waals surface area contributed by atoms with E-state index in [0.717, 1.165) is 38.6 Å². The number of H-pyrrole nitrogens is 2. The number of hydrazone groups is 1. The van der Waals surface area contributed by atoms with Gasteiger partial charge >= 0.3 is 0 Å². The number of nitrogens with zero attached hydrogens (tertiary/aromatic N) is 3. The molecule has 0 unspecified atom stereocenters. The maximum atomic E-state index is 13.2. The molecule has 2 aliphatic rings. The molecule has 2 aromatic heterocycles. The number of benzene rings is 2. The normalized spacial score (nSPS) is 19.1. The molecule has 1 fully saturated rings. The van der Waals surface area contributed by atoms with E-state index < -0.39 is 6.04 Å². The summed E-state index contributed by atoms with van der Waals surface area (Å²) in [5.41, 5.74) is 5.07. The largest absolute Gasteiger partial charge is 0.361 e. The number of fused-ring (bicyclic) bond motifs is 5. The molecule has 0 bridgehead atoms. The first-order valence-electron chi connectivity index (χ1n) is 9.98. The first kappa shape index (κ1) is 17.0. The second-order valence-corrected chi connectivity index (χ2v) is 7.80. The Labute approximate surface area is 172 Å². The van der Waals surface area contributed by atoms with Gasteiger partial charge in [0.2, 0.25) is 5.91 Å². The van der Waals surface area contributed by atoms with E-state index in [2.05, 4.69) is 21.1 Å². The number of aromatic nitrogens is 2. The molecule has 0 aliphatic carbocycles. The molecule has 0 radical (unpaired) electrons. The third-order valence-corrected chi connectivity index (χ3v) is 6.11. The van der Waals surface area contributed by atoms with Crippen molar-refractivity contribution in [3.05, 3.63) is 71.5 Å². The number of para-hydroxylation sites is 2. The maximum absolute atomic E-state index is 13.2. The Morgan fingerprint density at radius 1 is 0.967 bits per heavy atom. The van der Waals surface area contributed by atoms with Gasteiger partial charge in [0.15, 0.2) is 0 Å². The summed E-state index contributed by atoms with van der Waals surface area (Å²) < 4.78 is 0. The maximum Gasteiger partial charge on any atom is 0.266 e. The van der Waals surface area contributed by atoms with Crippen LogP contribution >= 0.6 is 0 Å². The number of rotatable bonds is 2. The standard InChI is InChI=1S/C23H19N5O2/c29-22-13-28(25-11-14-10-24-18-7-3-1-5-15(14)18)23(30)21-9-17-16-6-2-4-8-19(16)26-20(17)12-27(21)22/h1-8,10-11,21,24,26H,9,12-13H2/t21-/m0/s1. The van der Waals surface area contributed by atoms with Crippen LogP contribution in [0.25, 0.3) is 21.8 Å². The molecule has 7 heteroatoms. The number of nitrogens with one attached hydrogen (secondary N) is 2. The summed E-state index contributed by atoms with van der Waals surface area (Å²) in [4.78, 5) is 34.3. The Kier molecular flexibility index (Phi) is 3.59. The van der Waals surface area contributed by atoms with Crippen molar-refractivity contribution in [3.8, 4) is 0 Å². The smallest absolute Gasteiger partial charge is 0.266 e. The van der Waals surface area contributed by atoms with Crippen LogP contribution in [0.3, 0.4) is 0 Å². The average Bonchev–Trinajstić information content (AvgIpc) is 3.35. The molecule has 4 heterocycles. The Bertz CT molecular complexity index is 1350. The van der Waals surface area contributed by atoms with Crippen LogP contribution in [0, 0.1) is 0 Å². The molecule has 0 saturated carbocycles. The van der Waals surface area contributed by atoms with E-state index in [1.165, 1.54) is 5.01 Å². The predicted molar refractivity (Wildman–Crippen MR) is 114 cm³/mol. The molecule has 2 N–H and O–H groups in total. The van der Waals surface area contributed by atoms with Gasteiger partial charge in [-0.05, 0) is 17.7 Å². The molecule has 6 rings (SSSR count). The molecule has 7 nitrogen and oxygen atoms in total. The third kappa shape index (κ3) is 2.48. The predicted octanol–water partition coefficient (Wildman–Crippen LogP) is 2.78. The van der Waals surface area contributed by atoms with E-state index in [-0.39, 0.29) is 18.4 Å². The van der Waals surface area contributed by atoms with Crippen LogP contribution in [0.2, 0.25) is 0 Å². The van der Waals surface area contributed by atoms with Crippen molar-refractivity contribution in [3.63, 3.8) is 0 Å². The van der Waals surface area contributed by atoms with Crippen LogP contribution in [0.1, 0.15) is 16.8 Å². The highest BCUT2D eigenvalue weighted by Crippen LogP contribution is 2.32. The first-order chi connectivity index (χ1) is 14.7. The minimum absolute atomic E-state index is 0.0379. The minimum Gasteiger partial charge on any atom is -0.361 e. The van der Waals surface area contributed by atoms with Gasteiger partial charge in [-0.1, -0.05) is 36.4 Å². The van der Waals surface area contributed by atoms with Crippen molar-refractivity contribution in [2.45, 2.75) is 19.0 Å².